The van der Waals surface area contributed by atoms with Crippen LogP contribution in [0.5, 0.6) is 0 Å². The predicted molar refractivity (Wildman–Crippen MR) is 110 cm³/mol. The van der Waals surface area contributed by atoms with E-state index < -0.39 is 5.82 Å². The van der Waals surface area contributed by atoms with Gasteiger partial charge in [0.1, 0.15) is 5.82 Å². The molecule has 28 heavy (non-hydrogen) atoms. The van der Waals surface area contributed by atoms with Gasteiger partial charge in [-0.1, -0.05) is 11.6 Å². The molecule has 1 aromatic rings. The van der Waals surface area contributed by atoms with Gasteiger partial charge in [0.15, 0.2) is 0 Å². The molecule has 0 saturated heterocycles. The molecule has 2 rings (SSSR count). The van der Waals surface area contributed by atoms with E-state index in [0.29, 0.717) is 25.0 Å². The lowest BCUT2D eigenvalue weighted by Crippen LogP contribution is -2.48. The molecule has 156 valence electrons. The Kier molecular flexibility index (Phi) is 7.84. The summed E-state index contributed by atoms with van der Waals surface area (Å²) in [5.41, 5.74) is 0.0578. The first-order valence-electron chi connectivity index (χ1n) is 9.80. The summed E-state index contributed by atoms with van der Waals surface area (Å²) in [5, 5.41) is 6.45. The van der Waals surface area contributed by atoms with Gasteiger partial charge in [-0.2, -0.15) is 0 Å². The third-order valence-corrected chi connectivity index (χ3v) is 5.66. The predicted octanol–water partition coefficient (Wildman–Crippen LogP) is 3.61. The molecule has 5 nitrogen and oxygen atoms in total. The Morgan fingerprint density at radius 1 is 1.18 bits per heavy atom. The summed E-state index contributed by atoms with van der Waals surface area (Å²) < 4.78 is 13.4. The normalized spacial score (nSPS) is 19.9. The zero-order chi connectivity index (χ0) is 20.9. The number of rotatable bonds is 6. The number of amides is 2. The van der Waals surface area contributed by atoms with E-state index >= 15 is 0 Å². The largest absolute Gasteiger partial charge is 0.352 e. The maximum Gasteiger partial charge on any atom is 0.251 e. The molecule has 0 aliphatic heterocycles. The summed E-state index contributed by atoms with van der Waals surface area (Å²) in [4.78, 5) is 26.2. The van der Waals surface area contributed by atoms with Gasteiger partial charge in [-0.25, -0.2) is 4.39 Å². The summed E-state index contributed by atoms with van der Waals surface area (Å²) in [5.74, 6) is -0.344. The molecule has 1 aliphatic rings. The average Bonchev–Trinajstić information content (AvgIpc) is 2.62. The van der Waals surface area contributed by atoms with Gasteiger partial charge in [-0.15, -0.1) is 0 Å². The van der Waals surface area contributed by atoms with Gasteiger partial charge in [0, 0.05) is 35.8 Å². The van der Waals surface area contributed by atoms with E-state index in [9.17, 15) is 14.0 Å². The molecule has 7 heteroatoms. The zero-order valence-corrected chi connectivity index (χ0v) is 17.9. The molecule has 0 unspecified atom stereocenters. The number of halogens is 2. The minimum atomic E-state index is -0.518. The highest BCUT2D eigenvalue weighted by molar-refractivity contribution is 6.31. The molecule has 0 heterocycles. The quantitative estimate of drug-likeness (QED) is 0.751. The lowest BCUT2D eigenvalue weighted by atomic mass is 9.86. The number of carbonyl (C=O) groups is 2. The molecule has 1 aliphatic carbocycles. The molecule has 1 saturated carbocycles. The van der Waals surface area contributed by atoms with Crippen LogP contribution < -0.4 is 10.6 Å². The van der Waals surface area contributed by atoms with Crippen molar-refractivity contribution in [1.29, 1.82) is 0 Å². The molecule has 0 aromatic heterocycles. The molecule has 0 spiro atoms. The number of carbonyl (C=O) groups excluding carboxylic acids is 2. The molecule has 1 fully saturated rings. The monoisotopic (exact) mass is 411 g/mol. The topological polar surface area (TPSA) is 61.4 Å². The van der Waals surface area contributed by atoms with Crippen LogP contribution in [-0.4, -0.2) is 48.4 Å². The van der Waals surface area contributed by atoms with Gasteiger partial charge < -0.3 is 15.5 Å². The minimum absolute atomic E-state index is 0.0932. The van der Waals surface area contributed by atoms with E-state index in [-0.39, 0.29) is 27.9 Å². The smallest absolute Gasteiger partial charge is 0.251 e. The molecular formula is C21H31ClFN3O2. The third-order valence-electron chi connectivity index (χ3n) is 5.45. The van der Waals surface area contributed by atoms with Gasteiger partial charge in [0.2, 0.25) is 5.91 Å². The van der Waals surface area contributed by atoms with Crippen molar-refractivity contribution >= 4 is 23.4 Å². The first-order chi connectivity index (χ1) is 13.1. The number of nitrogens with one attached hydrogen (secondary N) is 2. The highest BCUT2D eigenvalue weighted by atomic mass is 35.5. The Labute approximate surface area is 172 Å². The van der Waals surface area contributed by atoms with Crippen LogP contribution in [-0.2, 0) is 4.79 Å². The van der Waals surface area contributed by atoms with Gasteiger partial charge in [-0.3, -0.25) is 9.59 Å². The summed E-state index contributed by atoms with van der Waals surface area (Å²) in [6, 6.07) is 4.16. The lowest BCUT2D eigenvalue weighted by molar-refractivity contribution is -0.133. The maximum absolute atomic E-state index is 13.4. The Morgan fingerprint density at radius 2 is 1.82 bits per heavy atom. The second-order valence-corrected chi connectivity index (χ2v) is 9.03. The molecule has 1 aromatic carbocycles. The Bertz CT molecular complexity index is 677. The van der Waals surface area contributed by atoms with Gasteiger partial charge in [-0.05, 0) is 70.6 Å². The van der Waals surface area contributed by atoms with Crippen LogP contribution in [0.15, 0.2) is 18.2 Å². The second kappa shape index (κ2) is 9.70. The van der Waals surface area contributed by atoms with Crippen LogP contribution in [0.1, 0.15) is 56.8 Å². The highest BCUT2D eigenvalue weighted by Crippen LogP contribution is 2.24. The molecule has 0 atom stereocenters. The SMILES string of the molecule is CN(C(=O)CN[C@H]1CC[C@@H](CNC(=O)c2cc(F)cc(Cl)c2)CC1)C(C)(C)C. The van der Waals surface area contributed by atoms with Crippen molar-refractivity contribution in [3.8, 4) is 0 Å². The first kappa shape index (κ1) is 22.6. The highest BCUT2D eigenvalue weighted by Gasteiger charge is 2.25. The van der Waals surface area contributed by atoms with Crippen molar-refractivity contribution < 1.29 is 14.0 Å². The first-order valence-corrected chi connectivity index (χ1v) is 10.2. The van der Waals surface area contributed by atoms with E-state index in [1.165, 1.54) is 18.2 Å². The van der Waals surface area contributed by atoms with Crippen molar-refractivity contribution in [3.63, 3.8) is 0 Å². The van der Waals surface area contributed by atoms with Crippen LogP contribution in [0.25, 0.3) is 0 Å². The zero-order valence-electron chi connectivity index (χ0n) is 17.1. The van der Waals surface area contributed by atoms with Crippen LogP contribution in [0, 0.1) is 11.7 Å². The van der Waals surface area contributed by atoms with Gasteiger partial charge >= 0.3 is 0 Å². The van der Waals surface area contributed by atoms with Crippen molar-refractivity contribution in [3.05, 3.63) is 34.6 Å². The molecular weight excluding hydrogens is 381 g/mol. The van der Waals surface area contributed by atoms with Crippen LogP contribution in [0.4, 0.5) is 4.39 Å². The number of hydrogen-bond donors (Lipinski definition) is 2. The summed E-state index contributed by atoms with van der Waals surface area (Å²) >= 11 is 5.80. The van der Waals surface area contributed by atoms with E-state index in [2.05, 4.69) is 10.6 Å². The second-order valence-electron chi connectivity index (χ2n) is 8.59. The Balaban J connectivity index is 1.71. The van der Waals surface area contributed by atoms with E-state index in [1.807, 2.05) is 27.8 Å². The fourth-order valence-corrected chi connectivity index (χ4v) is 3.54. The molecule has 0 radical (unpaired) electrons. The molecule has 2 N–H and O–H groups in total. The summed E-state index contributed by atoms with van der Waals surface area (Å²) in [6.45, 7) is 6.96. The Morgan fingerprint density at radius 3 is 2.39 bits per heavy atom. The third kappa shape index (κ3) is 6.74. The number of hydrogen-bond acceptors (Lipinski definition) is 3. The number of nitrogens with zero attached hydrogens (tertiary/aromatic N) is 1. The standard InChI is InChI=1S/C21H31ClFN3O2/c1-21(2,3)26(4)19(27)13-24-18-7-5-14(6-8-18)12-25-20(28)15-9-16(22)11-17(23)10-15/h9-11,14,18,24H,5-8,12-13H2,1-4H3,(H,25,28)/t14-,18+. The van der Waals surface area contributed by atoms with Crippen molar-refractivity contribution in [2.75, 3.05) is 20.1 Å². The minimum Gasteiger partial charge on any atom is -0.352 e. The summed E-state index contributed by atoms with van der Waals surface area (Å²) in [7, 11) is 1.83. The fraction of sp³-hybridized carbons (Fsp3) is 0.619. The Hall–Kier alpha value is -1.66. The van der Waals surface area contributed by atoms with Crippen molar-refractivity contribution in [2.45, 2.75) is 58.0 Å². The molecule has 0 bridgehead atoms. The maximum atomic E-state index is 13.4. The average molecular weight is 412 g/mol. The van der Waals surface area contributed by atoms with Crippen molar-refractivity contribution in [2.24, 2.45) is 5.92 Å². The number of benzene rings is 1. The fourth-order valence-electron chi connectivity index (χ4n) is 3.32. The molecule has 2 amide bonds. The number of likely N-dealkylation sites (N-methyl/N-ethyl adjacent to an activating group) is 1. The van der Waals surface area contributed by atoms with Crippen LogP contribution in [0.2, 0.25) is 5.02 Å². The van der Waals surface area contributed by atoms with E-state index in [0.717, 1.165) is 25.7 Å². The van der Waals surface area contributed by atoms with Gasteiger partial charge in [0.25, 0.3) is 5.91 Å². The van der Waals surface area contributed by atoms with Crippen LogP contribution >= 0.6 is 11.6 Å². The lowest BCUT2D eigenvalue weighted by Gasteiger charge is -2.33. The van der Waals surface area contributed by atoms with Crippen molar-refractivity contribution in [1.82, 2.24) is 15.5 Å². The van der Waals surface area contributed by atoms with Crippen LogP contribution in [0.3, 0.4) is 0 Å². The van der Waals surface area contributed by atoms with E-state index in [4.69, 9.17) is 11.6 Å². The van der Waals surface area contributed by atoms with Gasteiger partial charge in [0.05, 0.1) is 6.54 Å². The summed E-state index contributed by atoms with van der Waals surface area (Å²) in [6.07, 6.45) is 3.90. The van der Waals surface area contributed by atoms with E-state index in [1.54, 1.807) is 4.90 Å².